The number of para-hydroxylation sites is 1. The molecule has 1 N–H and O–H groups in total. The Morgan fingerprint density at radius 1 is 1.31 bits per heavy atom. The smallest absolute Gasteiger partial charge is 0.412 e. The molecule has 1 radical (unpaired) electrons. The van der Waals surface area contributed by atoms with Crippen LogP contribution in [-0.2, 0) is 9.53 Å². The Morgan fingerprint density at radius 3 is 2.50 bits per heavy atom. The lowest BCUT2D eigenvalue weighted by molar-refractivity contribution is 0.0636. The second kappa shape index (κ2) is 4.79. The van der Waals surface area contributed by atoms with Crippen LogP contribution in [0.5, 0.6) is 0 Å². The van der Waals surface area contributed by atoms with Gasteiger partial charge in [0.15, 0.2) is 0 Å². The van der Waals surface area contributed by atoms with Crippen molar-refractivity contribution in [2.24, 2.45) is 0 Å². The van der Waals surface area contributed by atoms with Crippen LogP contribution in [0, 0.1) is 0 Å². The molecule has 0 aromatic heterocycles. The summed E-state index contributed by atoms with van der Waals surface area (Å²) >= 11 is 0. The van der Waals surface area contributed by atoms with E-state index < -0.39 is 11.7 Å². The van der Waals surface area contributed by atoms with E-state index in [9.17, 15) is 9.59 Å². The quantitative estimate of drug-likeness (QED) is 0.833. The van der Waals surface area contributed by atoms with Crippen LogP contribution in [0.25, 0.3) is 0 Å². The molecule has 0 saturated heterocycles. The maximum absolute atomic E-state index is 11.4. The topological polar surface area (TPSA) is 55.4 Å². The molecule has 4 nitrogen and oxygen atoms in total. The minimum absolute atomic E-state index is 0.299. The van der Waals surface area contributed by atoms with Crippen molar-refractivity contribution in [3.8, 4) is 0 Å². The Morgan fingerprint density at radius 2 is 1.94 bits per heavy atom. The molecule has 0 bridgehead atoms. The van der Waals surface area contributed by atoms with Crippen LogP contribution in [-0.4, -0.2) is 18.0 Å². The van der Waals surface area contributed by atoms with Crippen LogP contribution >= 0.6 is 0 Å². The van der Waals surface area contributed by atoms with Gasteiger partial charge in [0.2, 0.25) is 6.29 Å². The normalized spacial score (nSPS) is 10.7. The molecular weight excluding hydrogens is 206 g/mol. The van der Waals surface area contributed by atoms with Gasteiger partial charge in [0.25, 0.3) is 0 Å². The van der Waals surface area contributed by atoms with Crippen molar-refractivity contribution in [3.63, 3.8) is 0 Å². The molecule has 16 heavy (non-hydrogen) atoms. The Labute approximate surface area is 94.6 Å². The highest BCUT2D eigenvalue weighted by molar-refractivity contribution is 5.93. The number of carbonyl (C=O) groups excluding carboxylic acids is 2. The van der Waals surface area contributed by atoms with E-state index in [4.69, 9.17) is 4.74 Å². The van der Waals surface area contributed by atoms with Crippen LogP contribution in [0.1, 0.15) is 26.3 Å². The highest BCUT2D eigenvalue weighted by atomic mass is 16.6. The van der Waals surface area contributed by atoms with Gasteiger partial charge in [-0.3, -0.25) is 10.1 Å². The largest absolute Gasteiger partial charge is 0.444 e. The fourth-order valence-electron chi connectivity index (χ4n) is 1.09. The summed E-state index contributed by atoms with van der Waals surface area (Å²) in [5.41, 5.74) is 0.129. The number of carbonyl (C=O) groups is 1. The first-order valence-corrected chi connectivity index (χ1v) is 4.89. The van der Waals surface area contributed by atoms with Crippen LogP contribution in [0.15, 0.2) is 24.3 Å². The minimum atomic E-state index is -0.588. The first kappa shape index (κ1) is 12.2. The third-order valence-electron chi connectivity index (χ3n) is 1.67. The van der Waals surface area contributed by atoms with Gasteiger partial charge in [-0.1, -0.05) is 12.1 Å². The van der Waals surface area contributed by atoms with Gasteiger partial charge >= 0.3 is 6.09 Å². The van der Waals surface area contributed by atoms with E-state index in [1.807, 2.05) is 0 Å². The van der Waals surface area contributed by atoms with Crippen molar-refractivity contribution in [3.05, 3.63) is 29.8 Å². The molecule has 0 aliphatic heterocycles. The first-order chi connectivity index (χ1) is 7.42. The Balaban J connectivity index is 2.73. The standard InChI is InChI=1S/C12H14NO3/c1-12(2,3)16-11(15)13-10-7-5-4-6-9(10)8-14/h4-7H,1-3H3,(H,13,15). The lowest BCUT2D eigenvalue weighted by atomic mass is 10.2. The molecule has 0 aliphatic carbocycles. The number of hydrogen-bond donors (Lipinski definition) is 1. The van der Waals surface area contributed by atoms with Gasteiger partial charge in [0.1, 0.15) is 5.60 Å². The number of hydrogen-bond acceptors (Lipinski definition) is 3. The molecule has 85 valence electrons. The molecule has 0 unspecified atom stereocenters. The minimum Gasteiger partial charge on any atom is -0.444 e. The number of nitrogens with one attached hydrogen (secondary N) is 1. The summed E-state index contributed by atoms with van der Waals surface area (Å²) in [5.74, 6) is 0. The summed E-state index contributed by atoms with van der Waals surface area (Å²) in [4.78, 5) is 22.0. The number of amides is 1. The Kier molecular flexibility index (Phi) is 3.66. The third kappa shape index (κ3) is 3.73. The number of anilines is 1. The lowest BCUT2D eigenvalue weighted by Crippen LogP contribution is -2.27. The molecule has 1 aromatic rings. The summed E-state index contributed by atoms with van der Waals surface area (Å²) in [5, 5.41) is 2.49. The van der Waals surface area contributed by atoms with E-state index in [1.165, 1.54) is 0 Å². The van der Waals surface area contributed by atoms with Gasteiger partial charge in [-0.2, -0.15) is 0 Å². The van der Waals surface area contributed by atoms with Gasteiger partial charge in [-0.05, 0) is 32.9 Å². The van der Waals surface area contributed by atoms with E-state index in [0.717, 1.165) is 0 Å². The fourth-order valence-corrected chi connectivity index (χ4v) is 1.09. The highest BCUT2D eigenvalue weighted by Gasteiger charge is 2.16. The van der Waals surface area contributed by atoms with Crippen LogP contribution in [0.3, 0.4) is 0 Å². The fraction of sp³-hybridized carbons (Fsp3) is 0.333. The Hall–Kier alpha value is -1.84. The van der Waals surface area contributed by atoms with Crippen molar-refractivity contribution in [2.45, 2.75) is 26.4 Å². The molecule has 0 aliphatic rings. The van der Waals surface area contributed by atoms with Gasteiger partial charge in [0, 0.05) is 5.56 Å². The zero-order valence-corrected chi connectivity index (χ0v) is 9.53. The highest BCUT2D eigenvalue weighted by Crippen LogP contribution is 2.14. The van der Waals surface area contributed by atoms with E-state index in [0.29, 0.717) is 11.3 Å². The SMILES string of the molecule is CC(C)(C)OC(=O)Nc1ccccc1[C]=O. The summed E-state index contributed by atoms with van der Waals surface area (Å²) in [6.45, 7) is 5.30. The average molecular weight is 220 g/mol. The molecule has 1 amide bonds. The van der Waals surface area contributed by atoms with Crippen LogP contribution in [0.2, 0.25) is 0 Å². The first-order valence-electron chi connectivity index (χ1n) is 4.89. The van der Waals surface area contributed by atoms with Gasteiger partial charge in [0.05, 0.1) is 5.69 Å². The third-order valence-corrected chi connectivity index (χ3v) is 1.67. The molecule has 0 saturated carbocycles. The summed E-state index contributed by atoms with van der Waals surface area (Å²) in [6.07, 6.45) is 1.16. The number of ether oxygens (including phenoxy) is 1. The second-order valence-electron chi connectivity index (χ2n) is 4.27. The maximum Gasteiger partial charge on any atom is 0.412 e. The summed E-state index contributed by atoms with van der Waals surface area (Å²) in [7, 11) is 0. The lowest BCUT2D eigenvalue weighted by Gasteiger charge is -2.19. The number of rotatable bonds is 2. The molecular formula is C12H14NO3. The number of benzene rings is 1. The van der Waals surface area contributed by atoms with Crippen LogP contribution in [0.4, 0.5) is 10.5 Å². The van der Waals surface area contributed by atoms with E-state index in [1.54, 1.807) is 51.3 Å². The van der Waals surface area contributed by atoms with Crippen molar-refractivity contribution in [1.29, 1.82) is 0 Å². The van der Waals surface area contributed by atoms with E-state index in [2.05, 4.69) is 5.32 Å². The second-order valence-corrected chi connectivity index (χ2v) is 4.27. The monoisotopic (exact) mass is 220 g/mol. The van der Waals surface area contributed by atoms with E-state index >= 15 is 0 Å². The molecule has 0 heterocycles. The average Bonchev–Trinajstić information content (AvgIpc) is 2.15. The van der Waals surface area contributed by atoms with Crippen molar-refractivity contribution >= 4 is 18.1 Å². The van der Waals surface area contributed by atoms with Crippen LogP contribution < -0.4 is 5.32 Å². The van der Waals surface area contributed by atoms with Crippen molar-refractivity contribution < 1.29 is 14.3 Å². The molecule has 0 atom stereocenters. The molecule has 0 fully saturated rings. The summed E-state index contributed by atoms with van der Waals surface area (Å²) < 4.78 is 5.06. The molecule has 1 rings (SSSR count). The van der Waals surface area contributed by atoms with E-state index in [-0.39, 0.29) is 0 Å². The Bertz CT molecular complexity index is 393. The zero-order chi connectivity index (χ0) is 12.2. The predicted molar refractivity (Wildman–Crippen MR) is 61.1 cm³/mol. The molecule has 1 aromatic carbocycles. The van der Waals surface area contributed by atoms with Crippen molar-refractivity contribution in [1.82, 2.24) is 0 Å². The molecule has 4 heteroatoms. The van der Waals surface area contributed by atoms with Gasteiger partial charge in [-0.15, -0.1) is 0 Å². The zero-order valence-electron chi connectivity index (χ0n) is 9.53. The summed E-state index contributed by atoms with van der Waals surface area (Å²) in [6, 6.07) is 6.60. The van der Waals surface area contributed by atoms with Gasteiger partial charge < -0.3 is 4.74 Å². The predicted octanol–water partition coefficient (Wildman–Crippen LogP) is 2.49. The van der Waals surface area contributed by atoms with Gasteiger partial charge in [-0.25, -0.2) is 4.79 Å². The molecule has 0 spiro atoms. The maximum atomic E-state index is 11.4. The van der Waals surface area contributed by atoms with Crippen molar-refractivity contribution in [2.75, 3.05) is 5.32 Å².